The fraction of sp³-hybridized carbons (Fsp3) is 0.923. The normalized spacial score (nSPS) is 33.4. The molecule has 2 saturated heterocycles. The minimum absolute atomic E-state index is 0.0691. The molecule has 2 aliphatic rings. The van der Waals surface area contributed by atoms with Crippen LogP contribution in [0.1, 0.15) is 39.0 Å². The molecule has 0 amide bonds. The van der Waals surface area contributed by atoms with Gasteiger partial charge >= 0.3 is 5.97 Å². The van der Waals surface area contributed by atoms with Crippen LogP contribution < -0.4 is 5.32 Å². The van der Waals surface area contributed by atoms with Gasteiger partial charge in [-0.3, -0.25) is 4.90 Å². The van der Waals surface area contributed by atoms with Crippen molar-refractivity contribution < 1.29 is 9.53 Å². The molecule has 2 unspecified atom stereocenters. The Morgan fingerprint density at radius 2 is 2.29 bits per heavy atom. The third-order valence-corrected chi connectivity index (χ3v) is 4.22. The highest BCUT2D eigenvalue weighted by Gasteiger charge is 2.53. The van der Waals surface area contributed by atoms with Crippen molar-refractivity contribution in [3.63, 3.8) is 0 Å². The molecule has 4 heteroatoms. The number of hydrogen-bond donors (Lipinski definition) is 1. The van der Waals surface area contributed by atoms with Crippen molar-refractivity contribution in [3.8, 4) is 0 Å². The van der Waals surface area contributed by atoms with Gasteiger partial charge in [0.2, 0.25) is 0 Å². The highest BCUT2D eigenvalue weighted by Crippen LogP contribution is 2.36. The van der Waals surface area contributed by atoms with Crippen LogP contribution >= 0.6 is 0 Å². The summed E-state index contributed by atoms with van der Waals surface area (Å²) in [5.41, 5.74) is -0.439. The van der Waals surface area contributed by atoms with Crippen LogP contribution in [-0.4, -0.2) is 49.2 Å². The van der Waals surface area contributed by atoms with Crippen LogP contribution in [0.2, 0.25) is 0 Å². The highest BCUT2D eigenvalue weighted by molar-refractivity contribution is 5.82. The smallest absolute Gasteiger partial charge is 0.327 e. The van der Waals surface area contributed by atoms with E-state index in [1.165, 1.54) is 20.0 Å². The first-order chi connectivity index (χ1) is 8.24. The molecule has 0 radical (unpaired) electrons. The predicted molar refractivity (Wildman–Crippen MR) is 66.9 cm³/mol. The first-order valence-electron chi connectivity index (χ1n) is 6.82. The van der Waals surface area contributed by atoms with Crippen molar-refractivity contribution in [3.05, 3.63) is 0 Å². The first-order valence-corrected chi connectivity index (χ1v) is 6.82. The van der Waals surface area contributed by atoms with E-state index in [1.54, 1.807) is 0 Å². The van der Waals surface area contributed by atoms with E-state index in [-0.39, 0.29) is 5.97 Å². The Labute approximate surface area is 104 Å². The number of carbonyl (C=O) groups is 1. The summed E-state index contributed by atoms with van der Waals surface area (Å²) in [6.07, 6.45) is 5.55. The zero-order valence-electron chi connectivity index (χ0n) is 11.0. The minimum atomic E-state index is -0.439. The Kier molecular flexibility index (Phi) is 4.05. The number of hydrogen-bond acceptors (Lipinski definition) is 4. The zero-order valence-corrected chi connectivity index (χ0v) is 11.0. The quantitative estimate of drug-likeness (QED) is 0.749. The SMILES string of the molecule is CCCNC1(C(=O)OC)CCN2CCCCC21. The first kappa shape index (κ1) is 12.8. The Morgan fingerprint density at radius 3 is 3.00 bits per heavy atom. The Hall–Kier alpha value is -0.610. The molecule has 2 fully saturated rings. The maximum Gasteiger partial charge on any atom is 0.327 e. The van der Waals surface area contributed by atoms with Crippen molar-refractivity contribution in [1.82, 2.24) is 10.2 Å². The molecule has 0 saturated carbocycles. The molecule has 2 heterocycles. The molecule has 0 spiro atoms. The van der Waals surface area contributed by atoms with Gasteiger partial charge < -0.3 is 10.1 Å². The summed E-state index contributed by atoms with van der Waals surface area (Å²) >= 11 is 0. The maximum absolute atomic E-state index is 12.2. The van der Waals surface area contributed by atoms with Crippen molar-refractivity contribution in [1.29, 1.82) is 0 Å². The molecule has 1 N–H and O–H groups in total. The van der Waals surface area contributed by atoms with Gasteiger partial charge in [0, 0.05) is 12.6 Å². The summed E-state index contributed by atoms with van der Waals surface area (Å²) in [7, 11) is 1.50. The Bertz CT molecular complexity index is 283. The van der Waals surface area contributed by atoms with Crippen LogP contribution in [0.5, 0.6) is 0 Å². The zero-order chi connectivity index (χ0) is 12.3. The average Bonchev–Trinajstić information content (AvgIpc) is 2.76. The molecule has 17 heavy (non-hydrogen) atoms. The van der Waals surface area contributed by atoms with E-state index in [0.29, 0.717) is 6.04 Å². The van der Waals surface area contributed by atoms with E-state index < -0.39 is 5.54 Å². The number of piperidine rings is 1. The summed E-state index contributed by atoms with van der Waals surface area (Å²) in [5, 5.41) is 3.48. The van der Waals surface area contributed by atoms with Gasteiger partial charge in [-0.1, -0.05) is 13.3 Å². The number of nitrogens with zero attached hydrogens (tertiary/aromatic N) is 1. The number of rotatable bonds is 4. The fourth-order valence-corrected chi connectivity index (χ4v) is 3.35. The average molecular weight is 240 g/mol. The number of nitrogens with one attached hydrogen (secondary N) is 1. The molecule has 2 aliphatic heterocycles. The van der Waals surface area contributed by atoms with E-state index in [0.717, 1.165) is 38.9 Å². The van der Waals surface area contributed by atoms with Gasteiger partial charge in [0.05, 0.1) is 7.11 Å². The molecular formula is C13H24N2O2. The topological polar surface area (TPSA) is 41.6 Å². The monoisotopic (exact) mass is 240 g/mol. The van der Waals surface area contributed by atoms with Gasteiger partial charge in [-0.2, -0.15) is 0 Å². The molecule has 0 bridgehead atoms. The maximum atomic E-state index is 12.2. The lowest BCUT2D eigenvalue weighted by Crippen LogP contribution is -2.61. The molecule has 2 rings (SSSR count). The van der Waals surface area contributed by atoms with Gasteiger partial charge in [-0.25, -0.2) is 4.79 Å². The third-order valence-electron chi connectivity index (χ3n) is 4.22. The van der Waals surface area contributed by atoms with Crippen LogP contribution in [0.3, 0.4) is 0 Å². The lowest BCUT2D eigenvalue weighted by atomic mass is 9.85. The summed E-state index contributed by atoms with van der Waals surface area (Å²) < 4.78 is 5.06. The van der Waals surface area contributed by atoms with E-state index in [2.05, 4.69) is 17.1 Å². The Balaban J connectivity index is 2.17. The molecule has 98 valence electrons. The van der Waals surface area contributed by atoms with E-state index in [1.807, 2.05) is 0 Å². The Morgan fingerprint density at radius 1 is 1.47 bits per heavy atom. The number of carbonyl (C=O) groups excluding carboxylic acids is 1. The fourth-order valence-electron chi connectivity index (χ4n) is 3.35. The molecule has 0 aromatic heterocycles. The van der Waals surface area contributed by atoms with Crippen molar-refractivity contribution in [2.45, 2.75) is 50.6 Å². The summed E-state index contributed by atoms with van der Waals surface area (Å²) in [6, 6.07) is 0.343. The van der Waals surface area contributed by atoms with E-state index >= 15 is 0 Å². The van der Waals surface area contributed by atoms with Crippen molar-refractivity contribution in [2.75, 3.05) is 26.7 Å². The van der Waals surface area contributed by atoms with Gasteiger partial charge in [-0.15, -0.1) is 0 Å². The van der Waals surface area contributed by atoms with Crippen LogP contribution in [-0.2, 0) is 9.53 Å². The largest absolute Gasteiger partial charge is 0.468 e. The molecule has 0 aromatic rings. The predicted octanol–water partition coefficient (Wildman–Crippen LogP) is 1.16. The number of fused-ring (bicyclic) bond motifs is 1. The summed E-state index contributed by atoms with van der Waals surface area (Å²) in [4.78, 5) is 14.6. The van der Waals surface area contributed by atoms with Crippen LogP contribution in [0, 0.1) is 0 Å². The molecule has 0 aromatic carbocycles. The molecule has 0 aliphatic carbocycles. The third kappa shape index (κ3) is 2.20. The van der Waals surface area contributed by atoms with Gasteiger partial charge in [0.1, 0.15) is 5.54 Å². The van der Waals surface area contributed by atoms with Gasteiger partial charge in [0.15, 0.2) is 0 Å². The van der Waals surface area contributed by atoms with E-state index in [4.69, 9.17) is 4.74 Å². The number of ether oxygens (including phenoxy) is 1. The second-order valence-corrected chi connectivity index (χ2v) is 5.19. The standard InChI is InChI=1S/C13H24N2O2/c1-3-8-14-13(12(16)17-2)7-10-15-9-5-4-6-11(13)15/h11,14H,3-10H2,1-2H3. The van der Waals surface area contributed by atoms with Crippen LogP contribution in [0.25, 0.3) is 0 Å². The number of methoxy groups -OCH3 is 1. The van der Waals surface area contributed by atoms with Gasteiger partial charge in [-0.05, 0) is 38.8 Å². The molecular weight excluding hydrogens is 216 g/mol. The summed E-state index contributed by atoms with van der Waals surface area (Å²) in [6.45, 7) is 5.18. The van der Waals surface area contributed by atoms with Gasteiger partial charge in [0.25, 0.3) is 0 Å². The van der Waals surface area contributed by atoms with E-state index in [9.17, 15) is 4.79 Å². The number of esters is 1. The molecule has 2 atom stereocenters. The lowest BCUT2D eigenvalue weighted by Gasteiger charge is -2.39. The summed E-state index contributed by atoms with van der Waals surface area (Å²) in [5.74, 6) is -0.0691. The lowest BCUT2D eigenvalue weighted by molar-refractivity contribution is -0.150. The molecule has 4 nitrogen and oxygen atoms in total. The van der Waals surface area contributed by atoms with Crippen molar-refractivity contribution >= 4 is 5.97 Å². The van der Waals surface area contributed by atoms with Crippen molar-refractivity contribution in [2.24, 2.45) is 0 Å². The minimum Gasteiger partial charge on any atom is -0.468 e. The van der Waals surface area contributed by atoms with Crippen LogP contribution in [0.4, 0.5) is 0 Å². The highest BCUT2D eigenvalue weighted by atomic mass is 16.5. The second-order valence-electron chi connectivity index (χ2n) is 5.19. The second kappa shape index (κ2) is 5.36. The van der Waals surface area contributed by atoms with Crippen LogP contribution in [0.15, 0.2) is 0 Å².